The van der Waals surface area contributed by atoms with Crippen molar-refractivity contribution in [1.82, 2.24) is 4.98 Å². The van der Waals surface area contributed by atoms with Crippen LogP contribution in [-0.2, 0) is 6.42 Å². The molecule has 0 radical (unpaired) electrons. The van der Waals surface area contributed by atoms with Crippen LogP contribution in [0.4, 0.5) is 4.39 Å². The number of aromatic nitrogens is 1. The molecule has 4 heteroatoms. The Morgan fingerprint density at radius 2 is 1.92 bits per heavy atom. The van der Waals surface area contributed by atoms with Crippen LogP contribution in [-0.4, -0.2) is 16.2 Å². The van der Waals surface area contributed by atoms with Crippen molar-refractivity contribution in [3.8, 4) is 0 Å². The van der Waals surface area contributed by atoms with Crippen LogP contribution in [0.15, 0.2) is 58.1 Å². The van der Waals surface area contributed by atoms with Crippen LogP contribution in [0.1, 0.15) is 29.5 Å². The van der Waals surface area contributed by atoms with Gasteiger partial charge in [-0.1, -0.05) is 40.2 Å². The van der Waals surface area contributed by atoms with E-state index in [1.807, 2.05) is 18.2 Å². The van der Waals surface area contributed by atoms with Gasteiger partial charge in [-0.05, 0) is 43.0 Å². The van der Waals surface area contributed by atoms with Crippen LogP contribution in [0.3, 0.4) is 0 Å². The van der Waals surface area contributed by atoms with Crippen LogP contribution in [0.5, 0.6) is 0 Å². The Bertz CT molecular complexity index is 1020. The van der Waals surface area contributed by atoms with E-state index >= 15 is 0 Å². The summed E-state index contributed by atoms with van der Waals surface area (Å²) >= 11 is 3.69. The first-order valence-corrected chi connectivity index (χ1v) is 8.87. The lowest BCUT2D eigenvalue weighted by molar-refractivity contribution is 0.637. The Morgan fingerprint density at radius 1 is 1.08 bits per heavy atom. The Balaban J connectivity index is 1.74. The number of halogens is 2. The fraction of sp³-hybridized carbons (Fsp3) is 0.200. The molecule has 1 aliphatic heterocycles. The first-order chi connectivity index (χ1) is 11.7. The lowest BCUT2D eigenvalue weighted by atomic mass is 9.89. The largest absolute Gasteiger partial charge is 0.277 e. The van der Waals surface area contributed by atoms with E-state index in [9.17, 15) is 4.39 Å². The number of hydrogen-bond acceptors (Lipinski definition) is 2. The lowest BCUT2D eigenvalue weighted by Gasteiger charge is -2.24. The summed E-state index contributed by atoms with van der Waals surface area (Å²) in [6, 6.07) is 13.3. The first-order valence-electron chi connectivity index (χ1n) is 8.08. The first kappa shape index (κ1) is 14.3. The second-order valence-corrected chi connectivity index (χ2v) is 7.52. The normalized spacial score (nSPS) is 17.7. The molecular weight excluding hydrogens is 367 g/mol. The fourth-order valence-corrected chi connectivity index (χ4v) is 4.04. The van der Waals surface area contributed by atoms with Crippen LogP contribution >= 0.6 is 15.9 Å². The predicted octanol–water partition coefficient (Wildman–Crippen LogP) is 5.06. The molecule has 1 fully saturated rings. The van der Waals surface area contributed by atoms with Gasteiger partial charge < -0.3 is 0 Å². The monoisotopic (exact) mass is 380 g/mol. The standard InChI is InChI=1S/C20H14BrFN2/c21-16-5-2-4-14-15(16)10-20(7-8-20)24-18(14)13-9-12-3-1-6-17(22)19(12)23-11-13/h1-6,9,11H,7-8,10H2. The molecule has 0 amide bonds. The molecule has 2 aromatic carbocycles. The fourth-order valence-electron chi connectivity index (χ4n) is 3.53. The van der Waals surface area contributed by atoms with Crippen molar-refractivity contribution in [3.63, 3.8) is 0 Å². The third-order valence-corrected chi connectivity index (χ3v) is 5.73. The average Bonchev–Trinajstić information content (AvgIpc) is 3.34. The minimum absolute atomic E-state index is 0.0586. The predicted molar refractivity (Wildman–Crippen MR) is 97.2 cm³/mol. The Morgan fingerprint density at radius 3 is 2.75 bits per heavy atom. The molecule has 1 saturated carbocycles. The number of rotatable bonds is 1. The molecule has 2 aliphatic rings. The highest BCUT2D eigenvalue weighted by Crippen LogP contribution is 2.48. The van der Waals surface area contributed by atoms with Crippen LogP contribution in [0, 0.1) is 5.82 Å². The molecule has 0 unspecified atom stereocenters. The molecule has 2 nitrogen and oxygen atoms in total. The summed E-state index contributed by atoms with van der Waals surface area (Å²) in [4.78, 5) is 9.42. The number of hydrogen-bond donors (Lipinski definition) is 0. The number of nitrogens with zero attached hydrogens (tertiary/aromatic N) is 2. The van der Waals surface area contributed by atoms with Crippen molar-refractivity contribution < 1.29 is 4.39 Å². The zero-order chi connectivity index (χ0) is 16.3. The van der Waals surface area contributed by atoms with Gasteiger partial charge in [0.25, 0.3) is 0 Å². The van der Waals surface area contributed by atoms with Crippen molar-refractivity contribution in [3.05, 3.63) is 75.6 Å². The summed E-state index contributed by atoms with van der Waals surface area (Å²) in [6.45, 7) is 0. The van der Waals surface area contributed by atoms with Gasteiger partial charge in [-0.25, -0.2) is 4.39 Å². The van der Waals surface area contributed by atoms with Gasteiger partial charge >= 0.3 is 0 Å². The molecular formula is C20H14BrFN2. The number of benzene rings is 2. The molecule has 2 heterocycles. The molecule has 0 bridgehead atoms. The minimum atomic E-state index is -0.286. The topological polar surface area (TPSA) is 25.2 Å². The average molecular weight is 381 g/mol. The van der Waals surface area contributed by atoms with Crippen molar-refractivity contribution in [2.24, 2.45) is 4.99 Å². The molecule has 24 heavy (non-hydrogen) atoms. The molecule has 3 aromatic rings. The summed E-state index contributed by atoms with van der Waals surface area (Å²) < 4.78 is 15.0. The van der Waals surface area contributed by atoms with Gasteiger partial charge in [-0.3, -0.25) is 9.98 Å². The maximum atomic E-state index is 13.9. The highest BCUT2D eigenvalue weighted by molar-refractivity contribution is 9.10. The van der Waals surface area contributed by atoms with Gasteiger partial charge in [0.05, 0.1) is 11.3 Å². The van der Waals surface area contributed by atoms with E-state index in [0.717, 1.165) is 46.0 Å². The van der Waals surface area contributed by atoms with Gasteiger partial charge in [0.1, 0.15) is 11.3 Å². The summed E-state index contributed by atoms with van der Waals surface area (Å²) in [5.41, 5.74) is 4.88. The quantitative estimate of drug-likeness (QED) is 0.578. The second-order valence-electron chi connectivity index (χ2n) is 6.66. The van der Waals surface area contributed by atoms with E-state index in [-0.39, 0.29) is 11.4 Å². The maximum Gasteiger partial charge on any atom is 0.149 e. The number of fused-ring (bicyclic) bond motifs is 2. The summed E-state index contributed by atoms with van der Waals surface area (Å²) in [7, 11) is 0. The minimum Gasteiger partial charge on any atom is -0.277 e. The zero-order valence-corrected chi connectivity index (χ0v) is 14.5. The zero-order valence-electron chi connectivity index (χ0n) is 12.9. The molecule has 5 rings (SSSR count). The van der Waals surface area contributed by atoms with E-state index in [0.29, 0.717) is 5.52 Å². The van der Waals surface area contributed by atoms with Crippen molar-refractivity contribution in [2.75, 3.05) is 0 Å². The third kappa shape index (κ3) is 2.13. The van der Waals surface area contributed by atoms with E-state index in [2.05, 4.69) is 33.0 Å². The summed E-state index contributed by atoms with van der Waals surface area (Å²) in [5.74, 6) is -0.286. The van der Waals surface area contributed by atoms with Crippen LogP contribution in [0.25, 0.3) is 10.9 Å². The Kier molecular flexibility index (Phi) is 2.95. The molecule has 118 valence electrons. The number of pyridine rings is 1. The van der Waals surface area contributed by atoms with Gasteiger partial charge in [0, 0.05) is 27.2 Å². The van der Waals surface area contributed by atoms with Gasteiger partial charge in [-0.15, -0.1) is 0 Å². The molecule has 1 aliphatic carbocycles. The van der Waals surface area contributed by atoms with Crippen molar-refractivity contribution in [1.29, 1.82) is 0 Å². The molecule has 1 spiro atoms. The van der Waals surface area contributed by atoms with Crippen molar-refractivity contribution in [2.45, 2.75) is 24.8 Å². The summed E-state index contributed by atoms with van der Waals surface area (Å²) in [6.07, 6.45) is 5.00. The Hall–Kier alpha value is -2.07. The van der Waals surface area contributed by atoms with Gasteiger partial charge in [0.15, 0.2) is 0 Å². The SMILES string of the molecule is Fc1cccc2cc(C3=NC4(CC4)Cc4c(Br)cccc43)cnc12. The van der Waals surface area contributed by atoms with E-state index in [1.165, 1.54) is 11.6 Å². The molecule has 0 N–H and O–H groups in total. The Labute approximate surface area is 147 Å². The van der Waals surface area contributed by atoms with Crippen molar-refractivity contribution >= 4 is 32.5 Å². The molecule has 1 aromatic heterocycles. The van der Waals surface area contributed by atoms with Crippen LogP contribution in [0.2, 0.25) is 0 Å². The lowest BCUT2D eigenvalue weighted by Crippen LogP contribution is -2.23. The highest BCUT2D eigenvalue weighted by Gasteiger charge is 2.46. The van der Waals surface area contributed by atoms with E-state index < -0.39 is 0 Å². The smallest absolute Gasteiger partial charge is 0.149 e. The molecule has 0 saturated heterocycles. The maximum absolute atomic E-state index is 13.9. The summed E-state index contributed by atoms with van der Waals surface area (Å²) in [5, 5.41) is 0.808. The van der Waals surface area contributed by atoms with Gasteiger partial charge in [0.2, 0.25) is 0 Å². The highest BCUT2D eigenvalue weighted by atomic mass is 79.9. The third-order valence-electron chi connectivity index (χ3n) is 4.99. The van der Waals surface area contributed by atoms with E-state index in [4.69, 9.17) is 4.99 Å². The number of para-hydroxylation sites is 1. The number of aliphatic imine (C=N–C) groups is 1. The van der Waals surface area contributed by atoms with Gasteiger partial charge in [-0.2, -0.15) is 0 Å². The molecule has 0 atom stereocenters. The second kappa shape index (κ2) is 4.96. The van der Waals surface area contributed by atoms with E-state index in [1.54, 1.807) is 12.3 Å². The van der Waals surface area contributed by atoms with Crippen LogP contribution < -0.4 is 0 Å².